The van der Waals surface area contributed by atoms with E-state index < -0.39 is 10.8 Å². The van der Waals surface area contributed by atoms with Gasteiger partial charge in [-0.15, -0.1) is 0 Å². The molecule has 0 amide bonds. The molecule has 1 aromatic heterocycles. The van der Waals surface area contributed by atoms with Gasteiger partial charge in [-0.1, -0.05) is 17.7 Å². The van der Waals surface area contributed by atoms with E-state index in [1.807, 2.05) is 18.2 Å². The summed E-state index contributed by atoms with van der Waals surface area (Å²) < 4.78 is 12.4. The predicted octanol–water partition coefficient (Wildman–Crippen LogP) is 2.85. The Balaban J connectivity index is 1.81. The van der Waals surface area contributed by atoms with Crippen LogP contribution in [-0.4, -0.2) is 46.6 Å². The molecule has 1 fully saturated rings. The number of nitrogen functional groups attached to an aromatic ring is 1. The number of aromatic nitrogens is 2. The van der Waals surface area contributed by atoms with Gasteiger partial charge in [0.05, 0.1) is 10.8 Å². The zero-order valence-corrected chi connectivity index (χ0v) is 17.2. The van der Waals surface area contributed by atoms with Gasteiger partial charge in [-0.05, 0) is 40.5 Å². The molecule has 2 aromatic rings. The molecule has 1 aromatic carbocycles. The first-order chi connectivity index (χ1) is 11.9. The summed E-state index contributed by atoms with van der Waals surface area (Å²) in [6.07, 6.45) is 1.55. The quantitative estimate of drug-likeness (QED) is 0.734. The monoisotopic (exact) mass is 443 g/mol. The molecule has 1 unspecified atom stereocenters. The first-order valence-electron chi connectivity index (χ1n) is 7.79. The zero-order valence-electron chi connectivity index (χ0n) is 14.0. The summed E-state index contributed by atoms with van der Waals surface area (Å²) in [5, 5.41) is 0.994. The number of anilines is 3. The van der Waals surface area contributed by atoms with Crippen LogP contribution in [0.4, 0.5) is 17.3 Å². The largest absolute Gasteiger partial charge is 0.383 e. The van der Waals surface area contributed by atoms with Gasteiger partial charge in [-0.2, -0.15) is 0 Å². The number of nitrogens with zero attached hydrogens (tertiary/aromatic N) is 4. The van der Waals surface area contributed by atoms with Crippen LogP contribution >= 0.6 is 27.5 Å². The van der Waals surface area contributed by atoms with E-state index in [2.05, 4.69) is 42.6 Å². The van der Waals surface area contributed by atoms with E-state index in [0.717, 1.165) is 36.9 Å². The Kier molecular flexibility index (Phi) is 5.50. The molecular weight excluding hydrogens is 426 g/mol. The molecule has 1 saturated heterocycles. The summed E-state index contributed by atoms with van der Waals surface area (Å²) >= 11 is 9.60. The van der Waals surface area contributed by atoms with Crippen LogP contribution in [0.2, 0.25) is 5.02 Å². The molecule has 0 bridgehead atoms. The van der Waals surface area contributed by atoms with Gasteiger partial charge in [-0.3, -0.25) is 4.21 Å². The number of rotatable bonds is 3. The third-order valence-electron chi connectivity index (χ3n) is 4.19. The van der Waals surface area contributed by atoms with Gasteiger partial charge in [0.15, 0.2) is 0 Å². The highest BCUT2D eigenvalue weighted by molar-refractivity contribution is 9.10. The van der Waals surface area contributed by atoms with Crippen LogP contribution in [0.15, 0.2) is 27.8 Å². The maximum absolute atomic E-state index is 11.7. The lowest BCUT2D eigenvalue weighted by Crippen LogP contribution is -2.47. The topological polar surface area (TPSA) is 75.3 Å². The summed E-state index contributed by atoms with van der Waals surface area (Å²) in [5.74, 6) is 1.00. The summed E-state index contributed by atoms with van der Waals surface area (Å²) in [6.45, 7) is 5.31. The molecule has 6 nitrogen and oxygen atoms in total. The van der Waals surface area contributed by atoms with Crippen LogP contribution in [-0.2, 0) is 10.8 Å². The summed E-state index contributed by atoms with van der Waals surface area (Å²) in [5.41, 5.74) is 8.30. The number of hydrogen-bond donors (Lipinski definition) is 1. The van der Waals surface area contributed by atoms with Crippen molar-refractivity contribution in [1.82, 2.24) is 9.97 Å². The van der Waals surface area contributed by atoms with E-state index in [1.165, 1.54) is 5.56 Å². The Hall–Kier alpha value is -1.38. The van der Waals surface area contributed by atoms with Crippen molar-refractivity contribution in [3.05, 3.63) is 33.3 Å². The van der Waals surface area contributed by atoms with Crippen molar-refractivity contribution < 1.29 is 4.21 Å². The van der Waals surface area contributed by atoms with E-state index in [-0.39, 0.29) is 5.16 Å². The lowest BCUT2D eigenvalue weighted by molar-refractivity contribution is 0.639. The van der Waals surface area contributed by atoms with Gasteiger partial charge in [0.2, 0.25) is 5.16 Å². The Morgan fingerprint density at radius 3 is 2.48 bits per heavy atom. The second-order valence-corrected chi connectivity index (χ2v) is 8.39. The highest BCUT2D eigenvalue weighted by Gasteiger charge is 2.23. The molecule has 3 rings (SSSR count). The fourth-order valence-corrected chi connectivity index (χ4v) is 3.89. The minimum absolute atomic E-state index is 0.254. The molecule has 0 aliphatic carbocycles. The molecule has 0 saturated carbocycles. The minimum atomic E-state index is -1.28. The first-order valence-corrected chi connectivity index (χ1v) is 10.5. The third kappa shape index (κ3) is 3.91. The third-order valence-corrected chi connectivity index (χ3v) is 5.88. The van der Waals surface area contributed by atoms with E-state index in [9.17, 15) is 4.21 Å². The average Bonchev–Trinajstić information content (AvgIpc) is 2.59. The molecule has 0 radical (unpaired) electrons. The molecule has 1 aliphatic rings. The highest BCUT2D eigenvalue weighted by atomic mass is 79.9. The molecule has 2 heterocycles. The second-order valence-electron chi connectivity index (χ2n) is 5.89. The van der Waals surface area contributed by atoms with Gasteiger partial charge in [0.25, 0.3) is 0 Å². The number of aryl methyl sites for hydroxylation is 1. The molecule has 1 atom stereocenters. The maximum Gasteiger partial charge on any atom is 0.222 e. The summed E-state index contributed by atoms with van der Waals surface area (Å²) in [4.78, 5) is 13.0. The predicted molar refractivity (Wildman–Crippen MR) is 107 cm³/mol. The molecule has 9 heteroatoms. The van der Waals surface area contributed by atoms with Crippen molar-refractivity contribution in [3.8, 4) is 0 Å². The first kappa shape index (κ1) is 18.4. The van der Waals surface area contributed by atoms with E-state index in [0.29, 0.717) is 16.1 Å². The van der Waals surface area contributed by atoms with E-state index >= 15 is 0 Å². The SMILES string of the molecule is Cc1ccc(Cl)cc1N1CCN(c2nc(S(C)=O)nc(N)c2Br)CC1. The lowest BCUT2D eigenvalue weighted by Gasteiger charge is -2.37. The van der Waals surface area contributed by atoms with Crippen molar-refractivity contribution in [2.45, 2.75) is 12.1 Å². The van der Waals surface area contributed by atoms with E-state index in [4.69, 9.17) is 17.3 Å². The number of halogens is 2. The Morgan fingerprint density at radius 1 is 1.20 bits per heavy atom. The van der Waals surface area contributed by atoms with Crippen LogP contribution in [0, 0.1) is 6.92 Å². The van der Waals surface area contributed by atoms with Crippen LogP contribution in [0.1, 0.15) is 5.56 Å². The maximum atomic E-state index is 11.7. The molecule has 134 valence electrons. The summed E-state index contributed by atoms with van der Waals surface area (Å²) in [7, 11) is -1.28. The fourth-order valence-electron chi connectivity index (χ4n) is 2.85. The van der Waals surface area contributed by atoms with Crippen molar-refractivity contribution in [1.29, 1.82) is 0 Å². The van der Waals surface area contributed by atoms with Crippen molar-refractivity contribution in [2.24, 2.45) is 0 Å². The number of hydrogen-bond acceptors (Lipinski definition) is 6. The zero-order chi connectivity index (χ0) is 18.1. The number of piperazine rings is 1. The van der Waals surface area contributed by atoms with Crippen LogP contribution in [0.25, 0.3) is 0 Å². The normalized spacial score (nSPS) is 16.2. The molecule has 1 aliphatic heterocycles. The highest BCUT2D eigenvalue weighted by Crippen LogP contribution is 2.31. The van der Waals surface area contributed by atoms with Gasteiger partial charge in [-0.25, -0.2) is 9.97 Å². The summed E-state index contributed by atoms with van der Waals surface area (Å²) in [6, 6.07) is 5.95. The molecular formula is C16H19BrClN5OS. The number of benzene rings is 1. The lowest BCUT2D eigenvalue weighted by atomic mass is 10.1. The van der Waals surface area contributed by atoms with Crippen LogP contribution < -0.4 is 15.5 Å². The second kappa shape index (κ2) is 7.47. The van der Waals surface area contributed by atoms with Crippen LogP contribution in [0.3, 0.4) is 0 Å². The standard InChI is InChI=1S/C16H19BrClN5OS/c1-10-3-4-11(18)9-12(10)22-5-7-23(8-6-22)15-13(17)14(19)20-16(21-15)25(2)24/h3-4,9H,5-8H2,1-2H3,(H2,19,20,21). The van der Waals surface area contributed by atoms with Crippen LogP contribution in [0.5, 0.6) is 0 Å². The number of nitrogens with two attached hydrogens (primary N) is 1. The average molecular weight is 445 g/mol. The molecule has 0 spiro atoms. The van der Waals surface area contributed by atoms with Crippen molar-refractivity contribution in [3.63, 3.8) is 0 Å². The van der Waals surface area contributed by atoms with Crippen molar-refractivity contribution >= 4 is 55.7 Å². The van der Waals surface area contributed by atoms with E-state index in [1.54, 1.807) is 6.26 Å². The Morgan fingerprint density at radius 2 is 1.84 bits per heavy atom. The fraction of sp³-hybridized carbons (Fsp3) is 0.375. The van der Waals surface area contributed by atoms with Gasteiger partial charge < -0.3 is 15.5 Å². The smallest absolute Gasteiger partial charge is 0.222 e. The minimum Gasteiger partial charge on any atom is -0.383 e. The molecule has 25 heavy (non-hydrogen) atoms. The Bertz CT molecular complexity index is 826. The van der Waals surface area contributed by atoms with Crippen molar-refractivity contribution in [2.75, 3.05) is 48.0 Å². The van der Waals surface area contributed by atoms with Gasteiger partial charge >= 0.3 is 0 Å². The molecule has 2 N–H and O–H groups in total. The van der Waals surface area contributed by atoms with Gasteiger partial charge in [0, 0.05) is 43.1 Å². The van der Waals surface area contributed by atoms with Gasteiger partial charge in [0.1, 0.15) is 16.1 Å². The Labute approximate surface area is 163 Å².